The fourth-order valence-corrected chi connectivity index (χ4v) is 3.09. The minimum Gasteiger partial charge on any atom is -0.465 e. The van der Waals surface area contributed by atoms with E-state index in [0.29, 0.717) is 6.61 Å². The van der Waals surface area contributed by atoms with Crippen LogP contribution in [0.1, 0.15) is 66.2 Å². The second kappa shape index (κ2) is 12.5. The van der Waals surface area contributed by atoms with E-state index in [1.165, 1.54) is 30.8 Å². The topological polar surface area (TPSA) is 38.3 Å². The maximum Gasteiger partial charge on any atom is 0.326 e. The Morgan fingerprint density at radius 3 is 2.40 bits per heavy atom. The Kier molecular flexibility index (Phi) is 12.4. The molecular weight excluding hydrogens is 270 g/mol. The Hall–Kier alpha value is -0.220. The van der Waals surface area contributed by atoms with Crippen LogP contribution in [-0.4, -0.2) is 36.2 Å². The molecule has 0 fully saturated rings. The fraction of sp³-hybridized carbons (Fsp3) is 0.938. The van der Waals surface area contributed by atoms with E-state index >= 15 is 0 Å². The first kappa shape index (κ1) is 19.8. The predicted octanol–water partition coefficient (Wildman–Crippen LogP) is 4.01. The number of thioether (sulfide) groups is 1. The Bertz CT molecular complexity index is 249. The summed E-state index contributed by atoms with van der Waals surface area (Å²) in [5.41, 5.74) is -0.514. The Morgan fingerprint density at radius 1 is 1.10 bits per heavy atom. The summed E-state index contributed by atoms with van der Waals surface area (Å²) in [5.74, 6) is 2.36. The van der Waals surface area contributed by atoms with Gasteiger partial charge in [0.25, 0.3) is 0 Å². The molecule has 1 N–H and O–H groups in total. The van der Waals surface area contributed by atoms with E-state index < -0.39 is 5.54 Å². The van der Waals surface area contributed by atoms with Crippen molar-refractivity contribution < 1.29 is 9.53 Å². The molecule has 0 saturated carbocycles. The van der Waals surface area contributed by atoms with Crippen LogP contribution in [0, 0.1) is 0 Å². The van der Waals surface area contributed by atoms with Gasteiger partial charge in [-0.1, -0.05) is 26.7 Å². The van der Waals surface area contributed by atoms with Crippen molar-refractivity contribution in [3.63, 3.8) is 0 Å². The number of carbonyl (C=O) groups is 1. The fourth-order valence-electron chi connectivity index (χ4n) is 1.99. The van der Waals surface area contributed by atoms with Crippen molar-refractivity contribution in [2.24, 2.45) is 0 Å². The highest BCUT2D eigenvalue weighted by Crippen LogP contribution is 2.18. The van der Waals surface area contributed by atoms with Crippen molar-refractivity contribution in [3.05, 3.63) is 0 Å². The first-order chi connectivity index (χ1) is 9.60. The highest BCUT2D eigenvalue weighted by molar-refractivity contribution is 7.99. The van der Waals surface area contributed by atoms with Crippen LogP contribution in [0.5, 0.6) is 0 Å². The molecule has 0 radical (unpaired) electrons. The number of nitrogens with one attached hydrogen (secondary N) is 1. The lowest BCUT2D eigenvalue weighted by atomic mass is 9.95. The summed E-state index contributed by atoms with van der Waals surface area (Å²) >= 11 is 2.03. The van der Waals surface area contributed by atoms with Crippen LogP contribution >= 0.6 is 11.8 Å². The molecule has 1 atom stereocenters. The number of hydrogen-bond acceptors (Lipinski definition) is 4. The van der Waals surface area contributed by atoms with Gasteiger partial charge in [-0.3, -0.25) is 4.79 Å². The van der Waals surface area contributed by atoms with E-state index in [4.69, 9.17) is 4.74 Å². The largest absolute Gasteiger partial charge is 0.465 e. The molecule has 20 heavy (non-hydrogen) atoms. The third kappa shape index (κ3) is 8.85. The van der Waals surface area contributed by atoms with Gasteiger partial charge in [0, 0.05) is 0 Å². The standard InChI is InChI=1S/C16H33NO2S/c1-5-8-13-20-14-10-9-11-16(4,17-12-6-2)15(18)19-7-3/h17H,5-14H2,1-4H3. The molecule has 0 saturated heterocycles. The van der Waals surface area contributed by atoms with E-state index in [-0.39, 0.29) is 5.97 Å². The van der Waals surface area contributed by atoms with Crippen molar-refractivity contribution in [1.82, 2.24) is 5.32 Å². The van der Waals surface area contributed by atoms with Gasteiger partial charge in [-0.25, -0.2) is 0 Å². The molecule has 0 heterocycles. The molecule has 0 aromatic rings. The molecule has 0 rings (SSSR count). The summed E-state index contributed by atoms with van der Waals surface area (Å²) in [5, 5.41) is 3.36. The third-order valence-corrected chi connectivity index (χ3v) is 4.50. The molecule has 0 bridgehead atoms. The Balaban J connectivity index is 4.00. The van der Waals surface area contributed by atoms with Gasteiger partial charge in [0.15, 0.2) is 0 Å². The summed E-state index contributed by atoms with van der Waals surface area (Å²) in [4.78, 5) is 12.1. The van der Waals surface area contributed by atoms with Crippen molar-refractivity contribution in [3.8, 4) is 0 Å². The van der Waals surface area contributed by atoms with Crippen molar-refractivity contribution in [2.75, 3.05) is 24.7 Å². The maximum absolute atomic E-state index is 12.1. The molecule has 4 heteroatoms. The summed E-state index contributed by atoms with van der Waals surface area (Å²) in [6.45, 7) is 9.50. The maximum atomic E-state index is 12.1. The van der Waals surface area contributed by atoms with E-state index in [2.05, 4.69) is 19.2 Å². The minimum atomic E-state index is -0.514. The third-order valence-electron chi connectivity index (χ3n) is 3.35. The number of carbonyl (C=O) groups excluding carboxylic acids is 1. The van der Waals surface area contributed by atoms with Gasteiger partial charge >= 0.3 is 5.97 Å². The zero-order valence-electron chi connectivity index (χ0n) is 13.8. The normalized spacial score (nSPS) is 14.0. The molecule has 0 spiro atoms. The van der Waals surface area contributed by atoms with Gasteiger partial charge in [0.2, 0.25) is 0 Å². The van der Waals surface area contributed by atoms with Gasteiger partial charge in [0.05, 0.1) is 6.61 Å². The summed E-state index contributed by atoms with van der Waals surface area (Å²) in [6.07, 6.45) is 6.72. The van der Waals surface area contributed by atoms with E-state index in [9.17, 15) is 4.79 Å². The van der Waals surface area contributed by atoms with Gasteiger partial charge in [-0.05, 0) is 57.6 Å². The molecule has 0 aromatic heterocycles. The van der Waals surface area contributed by atoms with Crippen LogP contribution in [-0.2, 0) is 9.53 Å². The molecule has 0 aromatic carbocycles. The quantitative estimate of drug-likeness (QED) is 0.412. The van der Waals surface area contributed by atoms with Crippen molar-refractivity contribution >= 4 is 17.7 Å². The lowest BCUT2D eigenvalue weighted by molar-refractivity contribution is -0.150. The SMILES string of the molecule is CCCCSCCCCC(C)(NCCC)C(=O)OCC. The second-order valence-electron chi connectivity index (χ2n) is 5.40. The number of hydrogen-bond donors (Lipinski definition) is 1. The predicted molar refractivity (Wildman–Crippen MR) is 89.4 cm³/mol. The lowest BCUT2D eigenvalue weighted by Crippen LogP contribution is -2.50. The Morgan fingerprint density at radius 2 is 1.80 bits per heavy atom. The molecular formula is C16H33NO2S. The summed E-state index contributed by atoms with van der Waals surface area (Å²) in [6, 6.07) is 0. The zero-order valence-corrected chi connectivity index (χ0v) is 14.6. The molecule has 0 aliphatic carbocycles. The first-order valence-electron chi connectivity index (χ1n) is 8.10. The van der Waals surface area contributed by atoms with E-state index in [0.717, 1.165) is 25.8 Å². The van der Waals surface area contributed by atoms with Crippen LogP contribution in [0.2, 0.25) is 0 Å². The van der Waals surface area contributed by atoms with Crippen LogP contribution < -0.4 is 5.32 Å². The van der Waals surface area contributed by atoms with E-state index in [1.807, 2.05) is 25.6 Å². The summed E-state index contributed by atoms with van der Waals surface area (Å²) < 4.78 is 5.21. The molecule has 0 aliphatic heterocycles. The van der Waals surface area contributed by atoms with Crippen LogP contribution in [0.15, 0.2) is 0 Å². The second-order valence-corrected chi connectivity index (χ2v) is 6.63. The molecule has 1 unspecified atom stereocenters. The Labute approximate surface area is 129 Å². The van der Waals surface area contributed by atoms with Crippen LogP contribution in [0.25, 0.3) is 0 Å². The van der Waals surface area contributed by atoms with Gasteiger partial charge < -0.3 is 10.1 Å². The van der Waals surface area contributed by atoms with Crippen LogP contribution in [0.3, 0.4) is 0 Å². The lowest BCUT2D eigenvalue weighted by Gasteiger charge is -2.28. The van der Waals surface area contributed by atoms with E-state index in [1.54, 1.807) is 0 Å². The van der Waals surface area contributed by atoms with Crippen molar-refractivity contribution in [2.45, 2.75) is 71.8 Å². The molecule has 0 aliphatic rings. The average molecular weight is 304 g/mol. The van der Waals surface area contributed by atoms with Gasteiger partial charge in [0.1, 0.15) is 5.54 Å². The zero-order chi connectivity index (χ0) is 15.3. The molecule has 120 valence electrons. The average Bonchev–Trinajstić information content (AvgIpc) is 2.44. The number of esters is 1. The number of rotatable bonds is 13. The van der Waals surface area contributed by atoms with Gasteiger partial charge in [-0.15, -0.1) is 0 Å². The smallest absolute Gasteiger partial charge is 0.326 e. The molecule has 0 amide bonds. The minimum absolute atomic E-state index is 0.105. The summed E-state index contributed by atoms with van der Waals surface area (Å²) in [7, 11) is 0. The highest BCUT2D eigenvalue weighted by Gasteiger charge is 2.33. The first-order valence-corrected chi connectivity index (χ1v) is 9.26. The number of ether oxygens (including phenoxy) is 1. The monoisotopic (exact) mass is 303 g/mol. The number of unbranched alkanes of at least 4 members (excludes halogenated alkanes) is 2. The van der Waals surface area contributed by atoms with Crippen molar-refractivity contribution in [1.29, 1.82) is 0 Å². The highest BCUT2D eigenvalue weighted by atomic mass is 32.2. The molecule has 3 nitrogen and oxygen atoms in total. The van der Waals surface area contributed by atoms with Crippen LogP contribution in [0.4, 0.5) is 0 Å². The van der Waals surface area contributed by atoms with Gasteiger partial charge in [-0.2, -0.15) is 11.8 Å².